The minimum absolute atomic E-state index is 0.885. The summed E-state index contributed by atoms with van der Waals surface area (Å²) >= 11 is 0. The van der Waals surface area contributed by atoms with Crippen LogP contribution >= 0.6 is 0 Å². The summed E-state index contributed by atoms with van der Waals surface area (Å²) in [7, 11) is 4.90. The molecule has 6 nitrogen and oxygen atoms in total. The maximum atomic E-state index is 5.32. The van der Waals surface area contributed by atoms with E-state index in [1.165, 1.54) is 0 Å². The van der Waals surface area contributed by atoms with E-state index in [0.717, 1.165) is 17.7 Å². The zero-order valence-electron chi connectivity index (χ0n) is 15.3. The summed E-state index contributed by atoms with van der Waals surface area (Å²) in [6.45, 7) is 2.08. The van der Waals surface area contributed by atoms with Crippen LogP contribution in [-0.2, 0) is 26.6 Å². The van der Waals surface area contributed by atoms with E-state index in [9.17, 15) is 0 Å². The second-order valence-corrected chi connectivity index (χ2v) is 10.6. The molecule has 0 amide bonds. The minimum atomic E-state index is -2.59. The van der Waals surface area contributed by atoms with Crippen molar-refractivity contribution in [3.8, 4) is 0 Å². The highest BCUT2D eigenvalue weighted by molar-refractivity contribution is 6.75. The highest BCUT2D eigenvalue weighted by Crippen LogP contribution is 2.13. The molecular weight excluding hydrogens is 332 g/mol. The van der Waals surface area contributed by atoms with Crippen LogP contribution < -0.4 is 5.19 Å². The van der Waals surface area contributed by atoms with Crippen LogP contribution in [-0.4, -0.2) is 60.3 Å². The Morgan fingerprint density at radius 1 is 0.696 bits per heavy atom. The lowest BCUT2D eigenvalue weighted by molar-refractivity contribution is 0.123. The molecule has 1 aromatic rings. The van der Waals surface area contributed by atoms with E-state index < -0.39 is 17.6 Å². The molecule has 0 aliphatic heterocycles. The van der Waals surface area contributed by atoms with Crippen molar-refractivity contribution in [3.05, 3.63) is 30.3 Å². The molecule has 0 saturated heterocycles. The van der Waals surface area contributed by atoms with Crippen LogP contribution in [0.25, 0.3) is 0 Å². The molecule has 0 saturated carbocycles. The van der Waals surface area contributed by atoms with Gasteiger partial charge in [0.05, 0.1) is 0 Å². The van der Waals surface area contributed by atoms with E-state index in [1.807, 2.05) is 30.3 Å². The van der Waals surface area contributed by atoms with Gasteiger partial charge in [0.15, 0.2) is 0 Å². The molecule has 8 heteroatoms. The van der Waals surface area contributed by atoms with Gasteiger partial charge in [-0.2, -0.15) is 0 Å². The Morgan fingerprint density at radius 3 is 1.39 bits per heavy atom. The molecule has 0 unspecified atom stereocenters. The highest BCUT2D eigenvalue weighted by Gasteiger charge is 2.40. The molecule has 0 aromatic heterocycles. The molecule has 0 aliphatic carbocycles. The fourth-order valence-electron chi connectivity index (χ4n) is 2.11. The van der Waals surface area contributed by atoms with Crippen molar-refractivity contribution in [2.75, 3.05) is 42.7 Å². The number of rotatable bonds is 9. The van der Waals surface area contributed by atoms with Gasteiger partial charge in [0.2, 0.25) is 0 Å². The second-order valence-electron chi connectivity index (χ2n) is 4.58. The lowest BCUT2D eigenvalue weighted by Gasteiger charge is -2.24. The van der Waals surface area contributed by atoms with Crippen molar-refractivity contribution in [1.29, 1.82) is 0 Å². The number of hydrogen-bond donors (Lipinski definition) is 0. The summed E-state index contributed by atoms with van der Waals surface area (Å²) in [5.74, 6) is 0. The first kappa shape index (κ1) is 22.4. The molecular formula is C15H30O6Si2. The first-order chi connectivity index (χ1) is 11.0. The van der Waals surface area contributed by atoms with Crippen molar-refractivity contribution >= 4 is 22.8 Å². The van der Waals surface area contributed by atoms with Crippen LogP contribution in [0.2, 0.25) is 6.04 Å². The maximum absolute atomic E-state index is 5.32. The Labute approximate surface area is 142 Å². The van der Waals surface area contributed by atoms with Gasteiger partial charge in [-0.05, 0) is 0 Å². The maximum Gasteiger partial charge on any atom is 0.536 e. The lowest BCUT2D eigenvalue weighted by Crippen LogP contribution is -2.54. The first-order valence-electron chi connectivity index (χ1n) is 7.40. The quantitative estimate of drug-likeness (QED) is 0.627. The lowest BCUT2D eigenvalue weighted by atomic mass is 10.4. The molecule has 0 spiro atoms. The normalized spacial score (nSPS) is 11.8. The number of hydrogen-bond acceptors (Lipinski definition) is 6. The topological polar surface area (TPSA) is 55.4 Å². The summed E-state index contributed by atoms with van der Waals surface area (Å²) in [6, 6.07) is 10.6. The van der Waals surface area contributed by atoms with Gasteiger partial charge in [-0.3, -0.25) is 0 Å². The van der Waals surface area contributed by atoms with Crippen molar-refractivity contribution in [2.24, 2.45) is 0 Å². The third kappa shape index (κ3) is 6.44. The zero-order valence-corrected chi connectivity index (χ0v) is 17.3. The third-order valence-electron chi connectivity index (χ3n) is 3.42. The molecule has 0 heterocycles. The monoisotopic (exact) mass is 362 g/mol. The van der Waals surface area contributed by atoms with Gasteiger partial charge in [0.1, 0.15) is 0 Å². The average molecular weight is 363 g/mol. The average Bonchev–Trinajstić information content (AvgIpc) is 2.63. The van der Waals surface area contributed by atoms with E-state index in [2.05, 4.69) is 6.92 Å². The van der Waals surface area contributed by atoms with Crippen LogP contribution in [0, 0.1) is 0 Å². The predicted octanol–water partition coefficient (Wildman–Crippen LogP) is 2.05. The van der Waals surface area contributed by atoms with Gasteiger partial charge in [-0.25, -0.2) is 0 Å². The third-order valence-corrected chi connectivity index (χ3v) is 9.05. The van der Waals surface area contributed by atoms with E-state index >= 15 is 0 Å². The molecule has 134 valence electrons. The van der Waals surface area contributed by atoms with Gasteiger partial charge in [-0.1, -0.05) is 43.7 Å². The van der Waals surface area contributed by atoms with Crippen molar-refractivity contribution in [3.63, 3.8) is 0 Å². The SMILES string of the molecule is CCC[Si](OC)(OC)OC.CO[Si](OC)(OC)c1ccccc1. The molecule has 0 bridgehead atoms. The molecule has 23 heavy (non-hydrogen) atoms. The van der Waals surface area contributed by atoms with Crippen molar-refractivity contribution in [2.45, 2.75) is 19.4 Å². The van der Waals surface area contributed by atoms with Gasteiger partial charge in [0.25, 0.3) is 0 Å². The van der Waals surface area contributed by atoms with E-state index in [-0.39, 0.29) is 0 Å². The molecule has 1 aromatic carbocycles. The summed E-state index contributed by atoms with van der Waals surface area (Å²) in [4.78, 5) is 0. The summed E-state index contributed by atoms with van der Waals surface area (Å²) < 4.78 is 31.5. The summed E-state index contributed by atoms with van der Waals surface area (Å²) in [6.07, 6.45) is 1.03. The van der Waals surface area contributed by atoms with E-state index in [4.69, 9.17) is 26.6 Å². The van der Waals surface area contributed by atoms with Crippen LogP contribution in [0.1, 0.15) is 13.3 Å². The molecule has 1 rings (SSSR count). The second kappa shape index (κ2) is 11.9. The molecule has 0 fully saturated rings. The Bertz CT molecular complexity index is 380. The van der Waals surface area contributed by atoms with Crippen LogP contribution in [0.3, 0.4) is 0 Å². The molecule has 0 radical (unpaired) electrons. The first-order valence-corrected chi connectivity index (χ1v) is 11.1. The molecule has 0 aliphatic rings. The molecule has 0 atom stereocenters. The fourth-order valence-corrected chi connectivity index (χ4v) is 5.64. The summed E-state index contributed by atoms with van der Waals surface area (Å²) in [5.41, 5.74) is 0. The van der Waals surface area contributed by atoms with Crippen LogP contribution in [0.15, 0.2) is 30.3 Å². The fraction of sp³-hybridized carbons (Fsp3) is 0.600. The summed E-state index contributed by atoms with van der Waals surface area (Å²) in [5, 5.41) is 0.975. The van der Waals surface area contributed by atoms with E-state index in [0.29, 0.717) is 0 Å². The van der Waals surface area contributed by atoms with Gasteiger partial charge in [0, 0.05) is 53.9 Å². The number of benzene rings is 1. The standard InChI is InChI=1S/C9H14O3Si.C6H16O3Si/c1-10-13(11-2,12-3)9-7-5-4-6-8-9;1-5-6-10(7-2,8-3)9-4/h4-8H,1-3H3;5-6H2,1-4H3. The Balaban J connectivity index is 0.000000438. The van der Waals surface area contributed by atoms with Crippen molar-refractivity contribution in [1.82, 2.24) is 0 Å². The Hall–Kier alpha value is -0.586. The van der Waals surface area contributed by atoms with Gasteiger partial charge < -0.3 is 26.6 Å². The highest BCUT2D eigenvalue weighted by atomic mass is 28.4. The smallest absolute Gasteiger partial charge is 0.377 e. The largest absolute Gasteiger partial charge is 0.536 e. The molecule has 0 N–H and O–H groups in total. The van der Waals surface area contributed by atoms with Gasteiger partial charge in [-0.15, -0.1) is 0 Å². The van der Waals surface area contributed by atoms with Crippen molar-refractivity contribution < 1.29 is 26.6 Å². The minimum Gasteiger partial charge on any atom is -0.377 e. The van der Waals surface area contributed by atoms with Crippen LogP contribution in [0.5, 0.6) is 0 Å². The Kier molecular flexibility index (Phi) is 11.6. The zero-order chi connectivity index (χ0) is 17.8. The van der Waals surface area contributed by atoms with E-state index in [1.54, 1.807) is 42.7 Å². The van der Waals surface area contributed by atoms with Crippen LogP contribution in [0.4, 0.5) is 0 Å². The Morgan fingerprint density at radius 2 is 1.13 bits per heavy atom. The predicted molar refractivity (Wildman–Crippen MR) is 94.7 cm³/mol. The van der Waals surface area contributed by atoms with Gasteiger partial charge >= 0.3 is 17.6 Å².